The number of carbonyl (C=O) groups excluding carboxylic acids is 3. The van der Waals surface area contributed by atoms with Crippen LogP contribution in [0.2, 0.25) is 0 Å². The first-order chi connectivity index (χ1) is 18.2. The molecule has 1 saturated heterocycles. The van der Waals surface area contributed by atoms with Crippen LogP contribution < -0.4 is 9.64 Å². The van der Waals surface area contributed by atoms with Crippen LogP contribution in [-0.2, 0) is 20.7 Å². The van der Waals surface area contributed by atoms with Crippen LogP contribution in [0.5, 0.6) is 5.75 Å². The molecule has 196 valence electrons. The maximum absolute atomic E-state index is 13.5. The fourth-order valence-electron chi connectivity index (χ4n) is 4.71. The second-order valence-electron chi connectivity index (χ2n) is 9.41. The quantitative estimate of drug-likeness (QED) is 0.186. The average molecular weight is 514 g/mol. The number of ether oxygens (including phenoxy) is 2. The van der Waals surface area contributed by atoms with Gasteiger partial charge in [0.2, 0.25) is 0 Å². The standard InChI is InChI=1S/C31H31NO6/c1-6-19-7-9-20(10-8-19)27-26(28(33)22-13-16-25(37-4)24(17-22)18(2)3)29(34)30(35)32(27)23-14-11-21(12-15-23)31(36)38-5/h7-18,27,33H,6H2,1-5H3/b28-26-. The van der Waals surface area contributed by atoms with Gasteiger partial charge in [-0.25, -0.2) is 4.79 Å². The third-order valence-electron chi connectivity index (χ3n) is 6.84. The summed E-state index contributed by atoms with van der Waals surface area (Å²) < 4.78 is 10.2. The number of aryl methyl sites for hydroxylation is 1. The van der Waals surface area contributed by atoms with Gasteiger partial charge in [-0.15, -0.1) is 0 Å². The molecular formula is C31H31NO6. The number of rotatable bonds is 7. The fraction of sp³-hybridized carbons (Fsp3) is 0.258. The second-order valence-corrected chi connectivity index (χ2v) is 9.41. The first-order valence-electron chi connectivity index (χ1n) is 12.5. The van der Waals surface area contributed by atoms with E-state index in [-0.39, 0.29) is 17.3 Å². The molecule has 3 aromatic carbocycles. The van der Waals surface area contributed by atoms with Crippen molar-refractivity contribution >= 4 is 29.1 Å². The zero-order valence-electron chi connectivity index (χ0n) is 22.1. The molecule has 0 aromatic heterocycles. The number of Topliss-reactive ketones (excluding diaryl/α,β-unsaturated/α-hetero) is 1. The number of hydrogen-bond donors (Lipinski definition) is 1. The third-order valence-corrected chi connectivity index (χ3v) is 6.84. The lowest BCUT2D eigenvalue weighted by molar-refractivity contribution is -0.132. The monoisotopic (exact) mass is 513 g/mol. The van der Waals surface area contributed by atoms with E-state index in [1.165, 1.54) is 24.1 Å². The van der Waals surface area contributed by atoms with Gasteiger partial charge < -0.3 is 14.6 Å². The number of carbonyl (C=O) groups is 3. The number of aliphatic hydroxyl groups is 1. The second kappa shape index (κ2) is 10.9. The van der Waals surface area contributed by atoms with E-state index in [2.05, 4.69) is 0 Å². The van der Waals surface area contributed by atoms with Crippen molar-refractivity contribution in [1.82, 2.24) is 0 Å². The fourth-order valence-corrected chi connectivity index (χ4v) is 4.71. The summed E-state index contributed by atoms with van der Waals surface area (Å²) in [6.07, 6.45) is 0.833. The number of ketones is 1. The molecule has 0 aliphatic carbocycles. The molecule has 1 unspecified atom stereocenters. The molecular weight excluding hydrogens is 482 g/mol. The number of methoxy groups -OCH3 is 2. The van der Waals surface area contributed by atoms with Gasteiger partial charge in [-0.05, 0) is 71.5 Å². The third kappa shape index (κ3) is 4.79. The lowest BCUT2D eigenvalue weighted by Gasteiger charge is -2.26. The summed E-state index contributed by atoms with van der Waals surface area (Å²) in [7, 11) is 2.87. The Morgan fingerprint density at radius 2 is 1.58 bits per heavy atom. The number of anilines is 1. The first-order valence-corrected chi connectivity index (χ1v) is 12.5. The highest BCUT2D eigenvalue weighted by molar-refractivity contribution is 6.51. The number of hydrogen-bond acceptors (Lipinski definition) is 6. The van der Waals surface area contributed by atoms with Crippen molar-refractivity contribution in [3.05, 3.63) is 100 Å². The molecule has 7 nitrogen and oxygen atoms in total. The Bertz CT molecular complexity index is 1400. The zero-order valence-corrected chi connectivity index (χ0v) is 22.1. The maximum atomic E-state index is 13.5. The molecule has 1 aliphatic heterocycles. The number of esters is 1. The van der Waals surface area contributed by atoms with Crippen molar-refractivity contribution in [2.45, 2.75) is 39.2 Å². The molecule has 0 bridgehead atoms. The van der Waals surface area contributed by atoms with E-state index < -0.39 is 23.7 Å². The van der Waals surface area contributed by atoms with Gasteiger partial charge in [0.15, 0.2) is 0 Å². The van der Waals surface area contributed by atoms with E-state index in [1.807, 2.05) is 45.0 Å². The number of aliphatic hydroxyl groups excluding tert-OH is 1. The molecule has 1 atom stereocenters. The van der Waals surface area contributed by atoms with Crippen LogP contribution in [-0.4, -0.2) is 37.0 Å². The van der Waals surface area contributed by atoms with Crippen LogP contribution >= 0.6 is 0 Å². The minimum absolute atomic E-state index is 0.00355. The van der Waals surface area contributed by atoms with Crippen molar-refractivity contribution in [3.63, 3.8) is 0 Å². The molecule has 0 spiro atoms. The van der Waals surface area contributed by atoms with Gasteiger partial charge in [-0.2, -0.15) is 0 Å². The Morgan fingerprint density at radius 3 is 2.13 bits per heavy atom. The molecule has 1 N–H and O–H groups in total. The van der Waals surface area contributed by atoms with Crippen LogP contribution in [0.4, 0.5) is 5.69 Å². The number of benzene rings is 3. The largest absolute Gasteiger partial charge is 0.507 e. The molecule has 38 heavy (non-hydrogen) atoms. The SMILES string of the molecule is CCc1ccc(C2/C(=C(/O)c3ccc(OC)c(C(C)C)c3)C(=O)C(=O)N2c2ccc(C(=O)OC)cc2)cc1. The summed E-state index contributed by atoms with van der Waals surface area (Å²) in [5.74, 6) is -1.54. The summed E-state index contributed by atoms with van der Waals surface area (Å²) in [6, 6.07) is 18.2. The van der Waals surface area contributed by atoms with Crippen LogP contribution in [0, 0.1) is 0 Å². The van der Waals surface area contributed by atoms with E-state index in [9.17, 15) is 19.5 Å². The van der Waals surface area contributed by atoms with Gasteiger partial charge in [0.1, 0.15) is 11.5 Å². The number of amides is 1. The minimum atomic E-state index is -0.866. The summed E-state index contributed by atoms with van der Waals surface area (Å²) in [5, 5.41) is 11.5. The molecule has 1 fully saturated rings. The highest BCUT2D eigenvalue weighted by Gasteiger charge is 2.47. The van der Waals surface area contributed by atoms with Crippen LogP contribution in [0.15, 0.2) is 72.3 Å². The Morgan fingerprint density at radius 1 is 0.947 bits per heavy atom. The van der Waals surface area contributed by atoms with Gasteiger partial charge in [-0.3, -0.25) is 14.5 Å². The van der Waals surface area contributed by atoms with Crippen LogP contribution in [0.25, 0.3) is 5.76 Å². The Hall–Kier alpha value is -4.39. The van der Waals surface area contributed by atoms with E-state index in [0.717, 1.165) is 17.5 Å². The topological polar surface area (TPSA) is 93.1 Å². The van der Waals surface area contributed by atoms with E-state index >= 15 is 0 Å². The predicted molar refractivity (Wildman–Crippen MR) is 145 cm³/mol. The van der Waals surface area contributed by atoms with Crippen LogP contribution in [0.1, 0.15) is 65.3 Å². The van der Waals surface area contributed by atoms with Gasteiger partial charge in [0.05, 0.1) is 31.4 Å². The number of nitrogens with zero attached hydrogens (tertiary/aromatic N) is 1. The van der Waals surface area contributed by atoms with E-state index in [0.29, 0.717) is 28.1 Å². The van der Waals surface area contributed by atoms with Crippen molar-refractivity contribution in [3.8, 4) is 5.75 Å². The lowest BCUT2D eigenvalue weighted by Crippen LogP contribution is -2.29. The van der Waals surface area contributed by atoms with Gasteiger partial charge in [-0.1, -0.05) is 45.0 Å². The van der Waals surface area contributed by atoms with E-state index in [4.69, 9.17) is 9.47 Å². The molecule has 1 amide bonds. The van der Waals surface area contributed by atoms with Gasteiger partial charge in [0.25, 0.3) is 11.7 Å². The maximum Gasteiger partial charge on any atom is 0.337 e. The summed E-state index contributed by atoms with van der Waals surface area (Å²) in [5.41, 5.74) is 3.80. The molecule has 0 saturated carbocycles. The molecule has 4 rings (SSSR count). The average Bonchev–Trinajstić information content (AvgIpc) is 3.21. The Balaban J connectivity index is 1.91. The first kappa shape index (κ1) is 26.7. The molecule has 0 radical (unpaired) electrons. The van der Waals surface area contributed by atoms with E-state index in [1.54, 1.807) is 37.4 Å². The van der Waals surface area contributed by atoms with Crippen molar-refractivity contribution in [2.24, 2.45) is 0 Å². The Labute approximate surface area is 222 Å². The van der Waals surface area contributed by atoms with Crippen LogP contribution in [0.3, 0.4) is 0 Å². The molecule has 7 heteroatoms. The highest BCUT2D eigenvalue weighted by atomic mass is 16.5. The van der Waals surface area contributed by atoms with Crippen molar-refractivity contribution in [1.29, 1.82) is 0 Å². The summed E-state index contributed by atoms with van der Waals surface area (Å²) in [4.78, 5) is 40.2. The molecule has 1 aliphatic rings. The zero-order chi connectivity index (χ0) is 27.6. The summed E-state index contributed by atoms with van der Waals surface area (Å²) in [6.45, 7) is 6.06. The smallest absolute Gasteiger partial charge is 0.337 e. The lowest BCUT2D eigenvalue weighted by atomic mass is 9.92. The highest BCUT2D eigenvalue weighted by Crippen LogP contribution is 2.43. The normalized spacial score (nSPS) is 16.7. The van der Waals surface area contributed by atoms with Gasteiger partial charge >= 0.3 is 5.97 Å². The van der Waals surface area contributed by atoms with Crippen molar-refractivity contribution in [2.75, 3.05) is 19.1 Å². The van der Waals surface area contributed by atoms with Crippen molar-refractivity contribution < 1.29 is 29.0 Å². The molecule has 3 aromatic rings. The Kier molecular flexibility index (Phi) is 7.67. The predicted octanol–water partition coefficient (Wildman–Crippen LogP) is 5.79. The summed E-state index contributed by atoms with van der Waals surface area (Å²) >= 11 is 0. The van der Waals surface area contributed by atoms with Gasteiger partial charge in [0, 0.05) is 11.3 Å². The minimum Gasteiger partial charge on any atom is -0.507 e. The molecule has 1 heterocycles.